The molecule has 0 aromatic carbocycles. The van der Waals surface area contributed by atoms with Gasteiger partial charge in [-0.1, -0.05) is 266 Å². The highest BCUT2D eigenvalue weighted by atomic mass is 31.2. The second kappa shape index (κ2) is 56.6. The Bertz CT molecular complexity index is 1630. The third-order valence-electron chi connectivity index (χ3n) is 14.7. The molecule has 0 spiro atoms. The van der Waals surface area contributed by atoms with Gasteiger partial charge in [-0.25, -0.2) is 9.13 Å². The normalized spacial score (nSPS) is 14.3. The van der Waals surface area contributed by atoms with Gasteiger partial charge in [0.25, 0.3) is 0 Å². The minimum absolute atomic E-state index is 0.104. The molecule has 0 radical (unpaired) electrons. The molecule has 17 nitrogen and oxygen atoms in total. The van der Waals surface area contributed by atoms with Crippen molar-refractivity contribution in [3.8, 4) is 0 Å². The van der Waals surface area contributed by atoms with Crippen LogP contribution >= 0.6 is 15.6 Å². The fourth-order valence-electron chi connectivity index (χ4n) is 9.53. The zero-order chi connectivity index (χ0) is 61.5. The van der Waals surface area contributed by atoms with Crippen LogP contribution < -0.4 is 0 Å². The van der Waals surface area contributed by atoms with E-state index in [0.717, 1.165) is 108 Å². The monoisotopic (exact) mass is 1230 g/mol. The van der Waals surface area contributed by atoms with E-state index >= 15 is 0 Å². The lowest BCUT2D eigenvalue weighted by Gasteiger charge is -2.21. The number of hydrogen-bond acceptors (Lipinski definition) is 15. The summed E-state index contributed by atoms with van der Waals surface area (Å²) >= 11 is 0. The van der Waals surface area contributed by atoms with E-state index in [1.165, 1.54) is 128 Å². The minimum Gasteiger partial charge on any atom is -0.462 e. The van der Waals surface area contributed by atoms with E-state index < -0.39 is 97.5 Å². The first-order valence-corrected chi connectivity index (χ1v) is 36.5. The van der Waals surface area contributed by atoms with Crippen LogP contribution in [0.1, 0.15) is 318 Å². The average Bonchev–Trinajstić information content (AvgIpc) is 3.45. The first-order valence-electron chi connectivity index (χ1n) is 33.5. The molecule has 0 bridgehead atoms. The van der Waals surface area contributed by atoms with Crippen molar-refractivity contribution in [1.29, 1.82) is 0 Å². The molecule has 0 aromatic rings. The van der Waals surface area contributed by atoms with Crippen molar-refractivity contribution in [2.45, 2.75) is 336 Å². The Hall–Kier alpha value is -1.94. The Morgan fingerprint density at radius 3 is 0.819 bits per heavy atom. The Morgan fingerprint density at radius 1 is 0.325 bits per heavy atom. The number of ether oxygens (including phenoxy) is 4. The number of phosphoric ester groups is 2. The Balaban J connectivity index is 5.23. The van der Waals surface area contributed by atoms with Crippen molar-refractivity contribution in [3.63, 3.8) is 0 Å². The zero-order valence-corrected chi connectivity index (χ0v) is 55.3. The lowest BCUT2D eigenvalue weighted by atomic mass is 10.0. The van der Waals surface area contributed by atoms with Crippen LogP contribution in [-0.2, 0) is 65.4 Å². The fraction of sp³-hybridized carbons (Fsp3) is 0.938. The van der Waals surface area contributed by atoms with Gasteiger partial charge in [0.15, 0.2) is 12.2 Å². The van der Waals surface area contributed by atoms with Crippen LogP contribution in [0.4, 0.5) is 0 Å². The molecule has 0 fully saturated rings. The van der Waals surface area contributed by atoms with Crippen molar-refractivity contribution in [1.82, 2.24) is 0 Å². The summed E-state index contributed by atoms with van der Waals surface area (Å²) in [6, 6.07) is 0. The van der Waals surface area contributed by atoms with Crippen LogP contribution in [0, 0.1) is 11.8 Å². The van der Waals surface area contributed by atoms with E-state index in [1.807, 2.05) is 0 Å². The summed E-state index contributed by atoms with van der Waals surface area (Å²) in [6.07, 6.45) is 39.0. The van der Waals surface area contributed by atoms with Gasteiger partial charge in [0.2, 0.25) is 0 Å². The van der Waals surface area contributed by atoms with Crippen LogP contribution in [0.3, 0.4) is 0 Å². The number of aliphatic hydroxyl groups excluding tert-OH is 1. The average molecular weight is 1230 g/mol. The lowest BCUT2D eigenvalue weighted by molar-refractivity contribution is -0.161. The van der Waals surface area contributed by atoms with Gasteiger partial charge in [-0.3, -0.25) is 37.3 Å². The predicted octanol–water partition coefficient (Wildman–Crippen LogP) is 17.7. The highest BCUT2D eigenvalue weighted by Gasteiger charge is 2.30. The van der Waals surface area contributed by atoms with E-state index in [1.54, 1.807) is 0 Å². The quantitative estimate of drug-likeness (QED) is 0.0222. The number of hydrogen-bond donors (Lipinski definition) is 3. The molecule has 0 aliphatic heterocycles. The van der Waals surface area contributed by atoms with E-state index in [2.05, 4.69) is 41.5 Å². The standard InChI is InChI=1S/C64H124O17P2/c1-7-9-11-13-15-17-18-19-20-21-30-36-42-48-63(68)80-60(53-75-62(67)47-41-35-29-24-22-26-32-38-44-56(3)4)55-79-83(72,73)77-51-58(65)50-76-82(70,71)78-54-59(52-74-61(66)46-40-34-28-16-14-12-10-8-2)81-64(69)49-43-37-31-25-23-27-33-39-45-57(5)6/h56-60,65H,7-55H2,1-6H3,(H,70,71)(H,72,73)/t58-,59+,60+/m0/s1. The largest absolute Gasteiger partial charge is 0.472 e. The van der Waals surface area contributed by atoms with Crippen molar-refractivity contribution < 1.29 is 80.2 Å². The zero-order valence-electron chi connectivity index (χ0n) is 53.5. The van der Waals surface area contributed by atoms with Gasteiger partial charge in [-0.2, -0.15) is 0 Å². The van der Waals surface area contributed by atoms with Crippen molar-refractivity contribution in [3.05, 3.63) is 0 Å². The molecular weight excluding hydrogens is 1100 g/mol. The van der Waals surface area contributed by atoms with Gasteiger partial charge < -0.3 is 33.8 Å². The van der Waals surface area contributed by atoms with Gasteiger partial charge in [-0.15, -0.1) is 0 Å². The Morgan fingerprint density at radius 2 is 0.554 bits per heavy atom. The Labute approximate surface area is 505 Å². The molecule has 83 heavy (non-hydrogen) atoms. The second-order valence-corrected chi connectivity index (χ2v) is 27.0. The molecule has 0 aliphatic carbocycles. The topological polar surface area (TPSA) is 237 Å². The molecule has 0 aliphatic rings. The third-order valence-corrected chi connectivity index (χ3v) is 16.6. The number of phosphoric acid groups is 2. The summed E-state index contributed by atoms with van der Waals surface area (Å²) in [4.78, 5) is 72.2. The van der Waals surface area contributed by atoms with Crippen molar-refractivity contribution in [2.75, 3.05) is 39.6 Å². The third kappa shape index (κ3) is 58.8. The molecule has 19 heteroatoms. The van der Waals surface area contributed by atoms with Crippen molar-refractivity contribution in [2.24, 2.45) is 11.8 Å². The van der Waals surface area contributed by atoms with Gasteiger partial charge in [0.05, 0.1) is 26.4 Å². The number of carbonyl (C=O) groups is 4. The Kier molecular flexibility index (Phi) is 55.2. The minimum atomic E-state index is -4.94. The summed E-state index contributed by atoms with van der Waals surface area (Å²) < 4.78 is 68.0. The summed E-state index contributed by atoms with van der Waals surface area (Å²) in [5.74, 6) is -0.691. The van der Waals surface area contributed by atoms with E-state index in [0.29, 0.717) is 25.7 Å². The molecule has 2 unspecified atom stereocenters. The molecule has 0 aromatic heterocycles. The van der Waals surface area contributed by atoms with Crippen molar-refractivity contribution >= 4 is 39.5 Å². The van der Waals surface area contributed by atoms with Crippen LogP contribution in [0.2, 0.25) is 0 Å². The highest BCUT2D eigenvalue weighted by Crippen LogP contribution is 2.45. The summed E-state index contributed by atoms with van der Waals surface area (Å²) in [5, 5.41) is 10.5. The SMILES string of the molecule is CCCCCCCCCCCCCCCC(=O)O[C@H](COC(=O)CCCCCCCCCCC(C)C)COP(=O)(O)OC[C@@H](O)COP(=O)(O)OC[C@@H](COC(=O)CCCCCCCCCC)OC(=O)CCCCCCCCCCC(C)C. The van der Waals surface area contributed by atoms with E-state index in [4.69, 9.17) is 37.0 Å². The number of unbranched alkanes of at least 4 members (excludes halogenated alkanes) is 33. The van der Waals surface area contributed by atoms with Crippen LogP contribution in [-0.4, -0.2) is 96.7 Å². The lowest BCUT2D eigenvalue weighted by Crippen LogP contribution is -2.30. The predicted molar refractivity (Wildman–Crippen MR) is 331 cm³/mol. The molecule has 0 rings (SSSR count). The molecule has 0 saturated carbocycles. The van der Waals surface area contributed by atoms with Gasteiger partial charge in [0.1, 0.15) is 19.3 Å². The first-order chi connectivity index (χ1) is 39.9. The number of rotatable bonds is 63. The van der Waals surface area contributed by atoms with Crippen LogP contribution in [0.15, 0.2) is 0 Å². The van der Waals surface area contributed by atoms with E-state index in [9.17, 15) is 43.2 Å². The van der Waals surface area contributed by atoms with Gasteiger partial charge in [0, 0.05) is 25.7 Å². The van der Waals surface area contributed by atoms with E-state index in [-0.39, 0.29) is 25.7 Å². The number of esters is 4. The molecular formula is C64H124O17P2. The maximum Gasteiger partial charge on any atom is 0.472 e. The maximum atomic E-state index is 13.0. The fourth-order valence-corrected chi connectivity index (χ4v) is 11.1. The molecule has 3 N–H and O–H groups in total. The van der Waals surface area contributed by atoms with Gasteiger partial charge >= 0.3 is 39.5 Å². The smallest absolute Gasteiger partial charge is 0.462 e. The number of aliphatic hydroxyl groups is 1. The maximum absolute atomic E-state index is 13.0. The van der Waals surface area contributed by atoms with Gasteiger partial charge in [-0.05, 0) is 37.5 Å². The highest BCUT2D eigenvalue weighted by molar-refractivity contribution is 7.47. The second-order valence-electron chi connectivity index (χ2n) is 24.1. The summed E-state index contributed by atoms with van der Waals surface area (Å²) in [5.41, 5.74) is 0. The molecule has 0 heterocycles. The summed E-state index contributed by atoms with van der Waals surface area (Å²) in [6.45, 7) is 9.40. The molecule has 0 saturated heterocycles. The molecule has 5 atom stereocenters. The number of carbonyl (C=O) groups excluding carboxylic acids is 4. The van der Waals surface area contributed by atoms with Crippen LogP contribution in [0.5, 0.6) is 0 Å². The molecule has 492 valence electrons. The summed E-state index contributed by atoms with van der Waals surface area (Å²) in [7, 11) is -9.88. The molecule has 0 amide bonds. The van der Waals surface area contributed by atoms with Crippen LogP contribution in [0.25, 0.3) is 0 Å². The first kappa shape index (κ1) is 81.1.